The average molecular weight is 307 g/mol. The van der Waals surface area contributed by atoms with Gasteiger partial charge >= 0.3 is 0 Å². The molecular formula is C14H17N3O3S. The number of hydrogen-bond acceptors (Lipinski definition) is 6. The third kappa shape index (κ3) is 3.13. The molecule has 21 heavy (non-hydrogen) atoms. The molecule has 1 N–H and O–H groups in total. The topological polar surface area (TPSA) is 73.3 Å². The second kappa shape index (κ2) is 6.53. The number of nitrogens with one attached hydrogen (secondary N) is 1. The molecule has 0 unspecified atom stereocenters. The number of benzene rings is 1. The van der Waals surface area contributed by atoms with E-state index in [0.717, 1.165) is 17.1 Å². The Bertz CT molecular complexity index is 655. The standard InChI is InChI=1S/C14H17N3O3S/c1-5-9-13(21-17-16-9)14(18)15-10-7-12(20-4)11(19-3)6-8(10)2/h6-7H,5H2,1-4H3,(H,15,18). The van der Waals surface area contributed by atoms with Gasteiger partial charge in [0.25, 0.3) is 5.91 Å². The van der Waals surface area contributed by atoms with Crippen molar-refractivity contribution >= 4 is 23.1 Å². The Labute approximate surface area is 127 Å². The van der Waals surface area contributed by atoms with Crippen molar-refractivity contribution in [2.45, 2.75) is 20.3 Å². The second-order valence-electron chi connectivity index (χ2n) is 4.38. The van der Waals surface area contributed by atoms with Crippen LogP contribution in [0.3, 0.4) is 0 Å². The van der Waals surface area contributed by atoms with E-state index in [9.17, 15) is 4.79 Å². The molecule has 1 aromatic heterocycles. The van der Waals surface area contributed by atoms with Gasteiger partial charge in [-0.15, -0.1) is 5.10 Å². The number of carbonyl (C=O) groups excluding carboxylic acids is 1. The lowest BCUT2D eigenvalue weighted by molar-refractivity contribution is 0.102. The van der Waals surface area contributed by atoms with Crippen LogP contribution in [0, 0.1) is 6.92 Å². The minimum Gasteiger partial charge on any atom is -0.493 e. The molecule has 0 bridgehead atoms. The second-order valence-corrected chi connectivity index (χ2v) is 5.13. The molecule has 6 nitrogen and oxygen atoms in total. The van der Waals surface area contributed by atoms with Gasteiger partial charge in [0.05, 0.1) is 19.9 Å². The van der Waals surface area contributed by atoms with Crippen LogP contribution in [0.2, 0.25) is 0 Å². The van der Waals surface area contributed by atoms with E-state index in [1.165, 1.54) is 0 Å². The molecule has 0 fully saturated rings. The van der Waals surface area contributed by atoms with Gasteiger partial charge in [0.2, 0.25) is 0 Å². The molecule has 0 aliphatic carbocycles. The quantitative estimate of drug-likeness (QED) is 0.919. The van der Waals surface area contributed by atoms with E-state index < -0.39 is 0 Å². The van der Waals surface area contributed by atoms with Gasteiger partial charge in [-0.05, 0) is 36.5 Å². The fourth-order valence-electron chi connectivity index (χ4n) is 1.91. The van der Waals surface area contributed by atoms with E-state index in [2.05, 4.69) is 14.9 Å². The Hall–Kier alpha value is -2.15. The highest BCUT2D eigenvalue weighted by molar-refractivity contribution is 7.08. The molecule has 0 saturated heterocycles. The van der Waals surface area contributed by atoms with E-state index in [1.807, 2.05) is 19.9 Å². The number of hydrogen-bond donors (Lipinski definition) is 1. The van der Waals surface area contributed by atoms with E-state index in [-0.39, 0.29) is 5.91 Å². The smallest absolute Gasteiger partial charge is 0.269 e. The van der Waals surface area contributed by atoms with E-state index in [0.29, 0.717) is 34.2 Å². The highest BCUT2D eigenvalue weighted by atomic mass is 32.1. The monoisotopic (exact) mass is 307 g/mol. The third-order valence-electron chi connectivity index (χ3n) is 3.08. The van der Waals surface area contributed by atoms with Gasteiger partial charge in [-0.25, -0.2) is 0 Å². The van der Waals surface area contributed by atoms with Crippen molar-refractivity contribution in [3.8, 4) is 11.5 Å². The molecule has 0 aliphatic heterocycles. The molecule has 0 saturated carbocycles. The molecule has 2 aromatic rings. The largest absolute Gasteiger partial charge is 0.493 e. The minimum absolute atomic E-state index is 0.211. The summed E-state index contributed by atoms with van der Waals surface area (Å²) in [6.45, 7) is 3.83. The minimum atomic E-state index is -0.211. The molecule has 0 aliphatic rings. The van der Waals surface area contributed by atoms with Crippen molar-refractivity contribution in [2.75, 3.05) is 19.5 Å². The van der Waals surface area contributed by atoms with E-state index in [4.69, 9.17) is 9.47 Å². The zero-order chi connectivity index (χ0) is 15.4. The normalized spacial score (nSPS) is 10.3. The maximum absolute atomic E-state index is 12.3. The summed E-state index contributed by atoms with van der Waals surface area (Å²) in [5.74, 6) is 0.982. The average Bonchev–Trinajstić information content (AvgIpc) is 2.97. The maximum Gasteiger partial charge on any atom is 0.269 e. The third-order valence-corrected chi connectivity index (χ3v) is 3.84. The Balaban J connectivity index is 2.29. The number of aromatic nitrogens is 2. The van der Waals surface area contributed by atoms with Crippen molar-refractivity contribution in [1.29, 1.82) is 0 Å². The van der Waals surface area contributed by atoms with Gasteiger partial charge in [-0.1, -0.05) is 11.4 Å². The van der Waals surface area contributed by atoms with E-state index in [1.54, 1.807) is 20.3 Å². The first-order chi connectivity index (χ1) is 10.1. The first-order valence-electron chi connectivity index (χ1n) is 6.45. The van der Waals surface area contributed by atoms with Crippen molar-refractivity contribution < 1.29 is 14.3 Å². The van der Waals surface area contributed by atoms with Crippen LogP contribution < -0.4 is 14.8 Å². The summed E-state index contributed by atoms with van der Waals surface area (Å²) < 4.78 is 14.3. The number of nitrogens with zero attached hydrogens (tertiary/aromatic N) is 2. The number of rotatable bonds is 5. The molecular weight excluding hydrogens is 290 g/mol. The first kappa shape index (κ1) is 15.2. The Kier molecular flexibility index (Phi) is 4.74. The highest BCUT2D eigenvalue weighted by Gasteiger charge is 2.17. The lowest BCUT2D eigenvalue weighted by Crippen LogP contribution is -2.13. The molecule has 1 heterocycles. The van der Waals surface area contributed by atoms with Gasteiger partial charge < -0.3 is 14.8 Å². The van der Waals surface area contributed by atoms with Crippen molar-refractivity contribution in [1.82, 2.24) is 9.59 Å². The zero-order valence-corrected chi connectivity index (χ0v) is 13.2. The van der Waals surface area contributed by atoms with Crippen LogP contribution >= 0.6 is 11.5 Å². The molecule has 0 spiro atoms. The number of amides is 1. The SMILES string of the molecule is CCc1nnsc1C(=O)Nc1cc(OC)c(OC)cc1C. The number of methoxy groups -OCH3 is 2. The predicted molar refractivity (Wildman–Crippen MR) is 81.5 cm³/mol. The molecule has 112 valence electrons. The van der Waals surface area contributed by atoms with Crippen LogP contribution in [0.4, 0.5) is 5.69 Å². The molecule has 2 rings (SSSR count). The number of anilines is 1. The molecule has 1 amide bonds. The molecule has 1 aromatic carbocycles. The van der Waals surface area contributed by atoms with E-state index >= 15 is 0 Å². The van der Waals surface area contributed by atoms with Crippen molar-refractivity contribution in [3.05, 3.63) is 28.3 Å². The van der Waals surface area contributed by atoms with Crippen LogP contribution in [0.25, 0.3) is 0 Å². The number of carbonyl (C=O) groups is 1. The lowest BCUT2D eigenvalue weighted by Gasteiger charge is -2.13. The zero-order valence-electron chi connectivity index (χ0n) is 12.4. The Morgan fingerprint density at radius 2 is 1.95 bits per heavy atom. The predicted octanol–water partition coefficient (Wildman–Crippen LogP) is 2.68. The fraction of sp³-hybridized carbons (Fsp3) is 0.357. The van der Waals surface area contributed by atoms with Gasteiger partial charge in [-0.2, -0.15) is 0 Å². The van der Waals surface area contributed by atoms with Gasteiger partial charge in [0.15, 0.2) is 11.5 Å². The lowest BCUT2D eigenvalue weighted by atomic mass is 10.1. The fourth-order valence-corrected chi connectivity index (χ4v) is 2.55. The molecule has 0 radical (unpaired) electrons. The number of ether oxygens (including phenoxy) is 2. The van der Waals surface area contributed by atoms with Gasteiger partial charge in [0, 0.05) is 11.8 Å². The van der Waals surface area contributed by atoms with Crippen molar-refractivity contribution in [3.63, 3.8) is 0 Å². The van der Waals surface area contributed by atoms with Crippen LogP contribution in [0.5, 0.6) is 11.5 Å². The summed E-state index contributed by atoms with van der Waals surface area (Å²) in [5.41, 5.74) is 2.26. The summed E-state index contributed by atoms with van der Waals surface area (Å²) in [7, 11) is 3.13. The summed E-state index contributed by atoms with van der Waals surface area (Å²) in [6.07, 6.45) is 0.671. The van der Waals surface area contributed by atoms with Gasteiger partial charge in [-0.3, -0.25) is 4.79 Å². The maximum atomic E-state index is 12.3. The number of aryl methyl sites for hydroxylation is 2. The Morgan fingerprint density at radius 1 is 1.29 bits per heavy atom. The van der Waals surface area contributed by atoms with Crippen LogP contribution in [-0.2, 0) is 6.42 Å². The van der Waals surface area contributed by atoms with Crippen molar-refractivity contribution in [2.24, 2.45) is 0 Å². The first-order valence-corrected chi connectivity index (χ1v) is 7.23. The summed E-state index contributed by atoms with van der Waals surface area (Å²) >= 11 is 1.10. The summed E-state index contributed by atoms with van der Waals surface area (Å²) in [4.78, 5) is 12.8. The van der Waals surface area contributed by atoms with Crippen LogP contribution in [0.1, 0.15) is 27.9 Å². The van der Waals surface area contributed by atoms with Crippen LogP contribution in [0.15, 0.2) is 12.1 Å². The van der Waals surface area contributed by atoms with Gasteiger partial charge in [0.1, 0.15) is 4.88 Å². The molecule has 7 heteroatoms. The summed E-state index contributed by atoms with van der Waals surface area (Å²) in [6, 6.07) is 3.56. The van der Waals surface area contributed by atoms with Crippen LogP contribution in [-0.4, -0.2) is 29.7 Å². The Morgan fingerprint density at radius 3 is 2.57 bits per heavy atom. The molecule has 0 atom stereocenters. The summed E-state index contributed by atoms with van der Waals surface area (Å²) in [5, 5.41) is 6.81. The highest BCUT2D eigenvalue weighted by Crippen LogP contribution is 2.33.